The van der Waals surface area contributed by atoms with Gasteiger partial charge in [-0.2, -0.15) is 0 Å². The fourth-order valence-corrected chi connectivity index (χ4v) is 2.37. The molecule has 0 unspecified atom stereocenters. The first-order valence-corrected chi connectivity index (χ1v) is 6.69. The molecule has 0 aliphatic heterocycles. The van der Waals surface area contributed by atoms with Gasteiger partial charge < -0.3 is 4.90 Å². The lowest BCUT2D eigenvalue weighted by Gasteiger charge is -2.20. The highest BCUT2D eigenvalue weighted by molar-refractivity contribution is 9.10. The lowest BCUT2D eigenvalue weighted by atomic mass is 10.1. The molecule has 0 N–H and O–H groups in total. The molecule has 20 heavy (non-hydrogen) atoms. The third kappa shape index (κ3) is 2.72. The number of nitrogens with zero attached hydrogens (tertiary/aromatic N) is 1. The third-order valence-corrected chi connectivity index (χ3v) is 3.46. The van der Waals surface area contributed by atoms with E-state index in [1.807, 2.05) is 19.1 Å². The molecule has 0 aliphatic rings. The smallest absolute Gasteiger partial charge is 0.263 e. The number of halogens is 3. The number of amides is 1. The number of aryl methyl sites for hydroxylation is 1. The Hall–Kier alpha value is -1.75. The molecule has 5 heteroatoms. The van der Waals surface area contributed by atoms with Crippen molar-refractivity contribution in [3.8, 4) is 0 Å². The zero-order valence-electron chi connectivity index (χ0n) is 11.0. The zero-order chi connectivity index (χ0) is 14.9. The molecule has 0 heterocycles. The van der Waals surface area contributed by atoms with Gasteiger partial charge in [-0.25, -0.2) is 8.78 Å². The molecule has 2 aromatic carbocycles. The Morgan fingerprint density at radius 2 is 1.70 bits per heavy atom. The van der Waals surface area contributed by atoms with Crippen LogP contribution < -0.4 is 4.90 Å². The molecule has 0 atom stereocenters. The van der Waals surface area contributed by atoms with Crippen LogP contribution in [0.4, 0.5) is 14.5 Å². The predicted octanol–water partition coefficient (Wildman–Crippen LogP) is 4.31. The van der Waals surface area contributed by atoms with Crippen LogP contribution in [0.1, 0.15) is 15.9 Å². The van der Waals surface area contributed by atoms with Crippen molar-refractivity contribution in [1.82, 2.24) is 0 Å². The molecule has 0 saturated heterocycles. The third-order valence-electron chi connectivity index (χ3n) is 3.00. The molecule has 0 saturated carbocycles. The number of hydrogen-bond donors (Lipinski definition) is 0. The summed E-state index contributed by atoms with van der Waals surface area (Å²) in [6.07, 6.45) is 0. The summed E-state index contributed by atoms with van der Waals surface area (Å²) in [6.45, 7) is 1.83. The molecule has 0 aromatic heterocycles. The number of carbonyl (C=O) groups is 1. The zero-order valence-corrected chi connectivity index (χ0v) is 12.5. The van der Waals surface area contributed by atoms with E-state index in [9.17, 15) is 13.6 Å². The Labute approximate surface area is 124 Å². The number of hydrogen-bond acceptors (Lipinski definition) is 1. The first-order valence-electron chi connectivity index (χ1n) is 5.90. The average Bonchev–Trinajstić information content (AvgIpc) is 2.37. The van der Waals surface area contributed by atoms with Gasteiger partial charge in [-0.1, -0.05) is 34.1 Å². The Balaban J connectivity index is 2.45. The van der Waals surface area contributed by atoms with Crippen LogP contribution in [0.25, 0.3) is 0 Å². The van der Waals surface area contributed by atoms with Crippen LogP contribution in [0.2, 0.25) is 0 Å². The van der Waals surface area contributed by atoms with E-state index in [0.717, 1.165) is 17.7 Å². The minimum Gasteiger partial charge on any atom is -0.311 e. The molecule has 104 valence electrons. The van der Waals surface area contributed by atoms with E-state index in [4.69, 9.17) is 0 Å². The summed E-state index contributed by atoms with van der Waals surface area (Å²) < 4.78 is 27.9. The van der Waals surface area contributed by atoms with E-state index in [1.165, 1.54) is 11.9 Å². The van der Waals surface area contributed by atoms with Gasteiger partial charge in [0.05, 0.1) is 0 Å². The van der Waals surface area contributed by atoms with Gasteiger partial charge in [-0.3, -0.25) is 4.79 Å². The summed E-state index contributed by atoms with van der Waals surface area (Å²) in [7, 11) is 1.49. The summed E-state index contributed by atoms with van der Waals surface area (Å²) in [4.78, 5) is 13.5. The predicted molar refractivity (Wildman–Crippen MR) is 78.0 cm³/mol. The van der Waals surface area contributed by atoms with Crippen molar-refractivity contribution in [3.63, 3.8) is 0 Å². The first-order chi connectivity index (χ1) is 9.41. The Kier molecular flexibility index (Phi) is 4.18. The van der Waals surface area contributed by atoms with Gasteiger partial charge in [-0.15, -0.1) is 0 Å². The maximum atomic E-state index is 13.8. The van der Waals surface area contributed by atoms with E-state index in [0.29, 0.717) is 5.69 Å². The highest BCUT2D eigenvalue weighted by atomic mass is 79.9. The lowest BCUT2D eigenvalue weighted by molar-refractivity contribution is 0.0984. The van der Waals surface area contributed by atoms with Crippen LogP contribution >= 0.6 is 15.9 Å². The molecule has 0 aliphatic carbocycles. The van der Waals surface area contributed by atoms with Crippen molar-refractivity contribution in [1.29, 1.82) is 0 Å². The van der Waals surface area contributed by atoms with E-state index in [1.54, 1.807) is 12.1 Å². The first kappa shape index (κ1) is 14.7. The van der Waals surface area contributed by atoms with E-state index < -0.39 is 23.1 Å². The van der Waals surface area contributed by atoms with E-state index >= 15 is 0 Å². The molecule has 0 bridgehead atoms. The van der Waals surface area contributed by atoms with Gasteiger partial charge in [0.1, 0.15) is 17.2 Å². The van der Waals surface area contributed by atoms with Crippen molar-refractivity contribution in [2.24, 2.45) is 0 Å². The number of para-hydroxylation sites is 1. The van der Waals surface area contributed by atoms with Gasteiger partial charge >= 0.3 is 0 Å². The molecule has 2 nitrogen and oxygen atoms in total. The van der Waals surface area contributed by atoms with Crippen LogP contribution in [-0.2, 0) is 0 Å². The number of rotatable bonds is 2. The van der Waals surface area contributed by atoms with Crippen LogP contribution in [0.3, 0.4) is 0 Å². The SMILES string of the molecule is Cc1ccccc1N(C)C(=O)c1c(F)cc(Br)cc1F. The molecular formula is C15H12BrF2NO. The fourth-order valence-electron chi connectivity index (χ4n) is 1.96. The number of carbonyl (C=O) groups excluding carboxylic acids is 1. The van der Waals surface area contributed by atoms with Gasteiger partial charge in [0.2, 0.25) is 0 Å². The van der Waals surface area contributed by atoms with Crippen molar-refractivity contribution >= 4 is 27.5 Å². The van der Waals surface area contributed by atoms with Crippen LogP contribution in [0.5, 0.6) is 0 Å². The van der Waals surface area contributed by atoms with Crippen LogP contribution in [0, 0.1) is 18.6 Å². The monoisotopic (exact) mass is 339 g/mol. The lowest BCUT2D eigenvalue weighted by Crippen LogP contribution is -2.28. The second-order valence-corrected chi connectivity index (χ2v) is 5.31. The maximum absolute atomic E-state index is 13.8. The summed E-state index contributed by atoms with van der Waals surface area (Å²) in [5.41, 5.74) is 0.902. The molecule has 0 fully saturated rings. The Morgan fingerprint density at radius 1 is 1.15 bits per heavy atom. The van der Waals surface area contributed by atoms with Crippen LogP contribution in [-0.4, -0.2) is 13.0 Å². The minimum atomic E-state index is -0.887. The van der Waals surface area contributed by atoms with Gasteiger partial charge in [-0.05, 0) is 30.7 Å². The van der Waals surface area contributed by atoms with E-state index in [2.05, 4.69) is 15.9 Å². The largest absolute Gasteiger partial charge is 0.311 e. The molecule has 2 rings (SSSR count). The van der Waals surface area contributed by atoms with Gasteiger partial charge in [0.15, 0.2) is 0 Å². The summed E-state index contributed by atoms with van der Waals surface area (Å²) >= 11 is 2.98. The van der Waals surface area contributed by atoms with Crippen molar-refractivity contribution in [3.05, 3.63) is 63.6 Å². The topological polar surface area (TPSA) is 20.3 Å². The minimum absolute atomic E-state index is 0.252. The highest BCUT2D eigenvalue weighted by Crippen LogP contribution is 2.24. The summed E-state index contributed by atoms with van der Waals surface area (Å²) in [5, 5.41) is 0. The Bertz CT molecular complexity index is 650. The Morgan fingerprint density at radius 3 is 2.25 bits per heavy atom. The van der Waals surface area contributed by atoms with E-state index in [-0.39, 0.29) is 4.47 Å². The normalized spacial score (nSPS) is 10.4. The standard InChI is InChI=1S/C15H12BrF2NO/c1-9-5-3-4-6-13(9)19(2)15(20)14-11(17)7-10(16)8-12(14)18/h3-8H,1-2H3. The summed E-state index contributed by atoms with van der Waals surface area (Å²) in [5.74, 6) is -2.49. The van der Waals surface area contributed by atoms with Gasteiger partial charge in [0, 0.05) is 17.2 Å². The second-order valence-electron chi connectivity index (χ2n) is 4.40. The van der Waals surface area contributed by atoms with Gasteiger partial charge in [0.25, 0.3) is 5.91 Å². The maximum Gasteiger partial charge on any atom is 0.263 e. The quantitative estimate of drug-likeness (QED) is 0.798. The highest BCUT2D eigenvalue weighted by Gasteiger charge is 2.23. The van der Waals surface area contributed by atoms with Crippen molar-refractivity contribution in [2.75, 3.05) is 11.9 Å². The summed E-state index contributed by atoms with van der Waals surface area (Å²) in [6, 6.07) is 9.29. The van der Waals surface area contributed by atoms with Crippen LogP contribution in [0.15, 0.2) is 40.9 Å². The molecule has 0 spiro atoms. The fraction of sp³-hybridized carbons (Fsp3) is 0.133. The molecular weight excluding hydrogens is 328 g/mol. The second kappa shape index (κ2) is 5.71. The van der Waals surface area contributed by atoms with Crippen molar-refractivity contribution < 1.29 is 13.6 Å². The average molecular weight is 340 g/mol. The van der Waals surface area contributed by atoms with Crippen molar-refractivity contribution in [2.45, 2.75) is 6.92 Å². The number of anilines is 1. The molecule has 0 radical (unpaired) electrons. The molecule has 2 aromatic rings. The molecule has 1 amide bonds. The number of benzene rings is 2.